The van der Waals surface area contributed by atoms with Gasteiger partial charge in [0.2, 0.25) is 5.91 Å². The van der Waals surface area contributed by atoms with Gasteiger partial charge in [-0.05, 0) is 52.1 Å². The van der Waals surface area contributed by atoms with E-state index in [9.17, 15) is 4.79 Å². The van der Waals surface area contributed by atoms with E-state index >= 15 is 0 Å². The average Bonchev–Trinajstić information content (AvgIpc) is 3.27. The summed E-state index contributed by atoms with van der Waals surface area (Å²) in [5, 5.41) is 9.79. The summed E-state index contributed by atoms with van der Waals surface area (Å²) in [5.74, 6) is 1.52. The number of nitrogens with zero attached hydrogens (tertiary/aromatic N) is 1. The minimum Gasteiger partial charge on any atom is -0.350 e. The molecule has 0 aromatic heterocycles. The van der Waals surface area contributed by atoms with Gasteiger partial charge < -0.3 is 10.6 Å². The molecule has 2 N–H and O–H groups in total. The molecule has 1 saturated carbocycles. The van der Waals surface area contributed by atoms with E-state index in [2.05, 4.69) is 100 Å². The van der Waals surface area contributed by atoms with Gasteiger partial charge in [0.25, 0.3) is 0 Å². The van der Waals surface area contributed by atoms with Gasteiger partial charge in [0.1, 0.15) is 5.54 Å². The first-order chi connectivity index (χ1) is 18.7. The van der Waals surface area contributed by atoms with Crippen molar-refractivity contribution in [2.75, 3.05) is 13.1 Å². The number of hydrogen-bond donors (Lipinski definition) is 2. The quantitative estimate of drug-likeness (QED) is 0.367. The summed E-state index contributed by atoms with van der Waals surface area (Å²) in [6.45, 7) is 3.50. The van der Waals surface area contributed by atoms with E-state index in [-0.39, 0.29) is 11.8 Å². The molecule has 38 heavy (non-hydrogen) atoms. The summed E-state index contributed by atoms with van der Waals surface area (Å²) in [4.78, 5) is 16.8. The zero-order chi connectivity index (χ0) is 25.5. The van der Waals surface area contributed by atoms with Crippen LogP contribution in [0.5, 0.6) is 0 Å². The molecule has 1 amide bonds. The normalized spacial score (nSPS) is 28.0. The number of rotatable bonds is 7. The van der Waals surface area contributed by atoms with E-state index in [1.165, 1.54) is 21.9 Å². The van der Waals surface area contributed by atoms with E-state index in [4.69, 9.17) is 0 Å². The smallest absolute Gasteiger partial charge is 0.240 e. The third-order valence-corrected chi connectivity index (χ3v) is 9.47. The minimum atomic E-state index is -0.539. The molecule has 5 atom stereocenters. The largest absolute Gasteiger partial charge is 0.350 e. The predicted molar refractivity (Wildman–Crippen MR) is 152 cm³/mol. The van der Waals surface area contributed by atoms with Gasteiger partial charge in [-0.25, -0.2) is 0 Å². The summed E-state index contributed by atoms with van der Waals surface area (Å²) in [6, 6.07) is 36.8. The van der Waals surface area contributed by atoms with Gasteiger partial charge in [-0.15, -0.1) is 0 Å². The number of carbonyl (C=O) groups is 1. The van der Waals surface area contributed by atoms with E-state index in [1.54, 1.807) is 0 Å². The Balaban J connectivity index is 1.22. The summed E-state index contributed by atoms with van der Waals surface area (Å²) in [7, 11) is 0. The van der Waals surface area contributed by atoms with Crippen LogP contribution in [0.1, 0.15) is 23.1 Å². The van der Waals surface area contributed by atoms with Crippen molar-refractivity contribution in [3.63, 3.8) is 0 Å². The van der Waals surface area contributed by atoms with Crippen LogP contribution < -0.4 is 10.6 Å². The van der Waals surface area contributed by atoms with Crippen LogP contribution in [0.4, 0.5) is 0 Å². The molecule has 4 aliphatic rings. The fourth-order valence-electron chi connectivity index (χ4n) is 7.78. The fraction of sp³-hybridized carbons (Fsp3) is 0.324. The van der Waals surface area contributed by atoms with Gasteiger partial charge in [-0.1, -0.05) is 103 Å². The molecule has 1 aliphatic carbocycles. The van der Waals surface area contributed by atoms with E-state index in [1.807, 2.05) is 18.2 Å². The highest BCUT2D eigenvalue weighted by Gasteiger charge is 2.64. The van der Waals surface area contributed by atoms with Crippen LogP contribution in [-0.2, 0) is 24.3 Å². The molecule has 4 aromatic rings. The Hall–Kier alpha value is -3.47. The Morgan fingerprint density at radius 2 is 1.58 bits per heavy atom. The predicted octanol–water partition coefficient (Wildman–Crippen LogP) is 5.18. The molecule has 3 aliphatic heterocycles. The molecule has 0 radical (unpaired) electrons. The molecular formula is C34H35N3O. The number of piperidine rings is 2. The number of fused-ring (bicyclic) bond motifs is 2. The SMILES string of the molecule is O=C(NCc1ccccc1)[C@@]12C[C@@H]3CN(Cc4cccc5ccccc45)[C@@H]([C@@H]3CN1)[C@H]2Cc1ccccc1. The Morgan fingerprint density at radius 1 is 0.868 bits per heavy atom. The van der Waals surface area contributed by atoms with Crippen molar-refractivity contribution >= 4 is 16.7 Å². The van der Waals surface area contributed by atoms with Crippen molar-refractivity contribution < 1.29 is 4.79 Å². The van der Waals surface area contributed by atoms with Crippen molar-refractivity contribution in [1.82, 2.24) is 15.5 Å². The van der Waals surface area contributed by atoms with E-state index in [0.29, 0.717) is 24.4 Å². The highest BCUT2D eigenvalue weighted by Crippen LogP contribution is 2.53. The number of nitrogens with one attached hydrogen (secondary N) is 2. The lowest BCUT2D eigenvalue weighted by Crippen LogP contribution is -2.74. The standard InChI is InChI=1S/C34H35N3O/c38-33(35-20-25-12-5-2-6-13-25)34-19-28-23-37(22-27-16-9-15-26-14-7-8-17-29(26)27)32(30(28)21-36-34)31(34)18-24-10-3-1-4-11-24/h1-17,28,30-32,36H,18-23H2,(H,35,38)/t28-,30-,31-,32+,34+/m1/s1. The molecule has 192 valence electrons. The molecule has 3 saturated heterocycles. The fourth-order valence-corrected chi connectivity index (χ4v) is 7.78. The van der Waals surface area contributed by atoms with E-state index < -0.39 is 5.54 Å². The van der Waals surface area contributed by atoms with Crippen LogP contribution >= 0.6 is 0 Å². The first-order valence-electron chi connectivity index (χ1n) is 14.0. The van der Waals surface area contributed by atoms with E-state index in [0.717, 1.165) is 38.0 Å². The van der Waals surface area contributed by atoms with Crippen LogP contribution in [0.25, 0.3) is 10.8 Å². The molecule has 4 nitrogen and oxygen atoms in total. The lowest BCUT2D eigenvalue weighted by Gasteiger charge is -2.56. The van der Waals surface area contributed by atoms with Crippen molar-refractivity contribution in [3.05, 3.63) is 120 Å². The molecule has 0 unspecified atom stereocenters. The molecule has 4 fully saturated rings. The first kappa shape index (κ1) is 23.6. The molecule has 3 heterocycles. The maximum atomic E-state index is 14.1. The van der Waals surface area contributed by atoms with Crippen LogP contribution in [0.3, 0.4) is 0 Å². The number of carbonyl (C=O) groups excluding carboxylic acids is 1. The van der Waals surface area contributed by atoms with Crippen molar-refractivity contribution in [3.8, 4) is 0 Å². The van der Waals surface area contributed by atoms with Gasteiger partial charge >= 0.3 is 0 Å². The van der Waals surface area contributed by atoms with Gasteiger partial charge in [0, 0.05) is 38.1 Å². The summed E-state index contributed by atoms with van der Waals surface area (Å²) in [6.07, 6.45) is 1.82. The van der Waals surface area contributed by atoms with Crippen LogP contribution in [0.15, 0.2) is 103 Å². The second-order valence-electron chi connectivity index (χ2n) is 11.5. The Morgan fingerprint density at radius 3 is 2.39 bits per heavy atom. The van der Waals surface area contributed by atoms with Crippen LogP contribution in [0.2, 0.25) is 0 Å². The Bertz CT molecular complexity index is 1430. The Kier molecular flexibility index (Phi) is 6.02. The third kappa shape index (κ3) is 4.03. The number of hydrogen-bond acceptors (Lipinski definition) is 3. The highest BCUT2D eigenvalue weighted by molar-refractivity contribution is 5.88. The van der Waals surface area contributed by atoms with Crippen molar-refractivity contribution in [2.24, 2.45) is 17.8 Å². The monoisotopic (exact) mass is 501 g/mol. The molecular weight excluding hydrogens is 466 g/mol. The second kappa shape index (κ2) is 9.68. The highest BCUT2D eigenvalue weighted by atomic mass is 16.2. The molecule has 8 rings (SSSR count). The van der Waals surface area contributed by atoms with Gasteiger partial charge in [0.05, 0.1) is 0 Å². The molecule has 0 spiro atoms. The lowest BCUT2D eigenvalue weighted by atomic mass is 9.58. The number of likely N-dealkylation sites (tertiary alicyclic amines) is 1. The molecule has 4 bridgehead atoms. The Labute approximate surface area is 225 Å². The summed E-state index contributed by atoms with van der Waals surface area (Å²) >= 11 is 0. The first-order valence-corrected chi connectivity index (χ1v) is 14.0. The zero-order valence-corrected chi connectivity index (χ0v) is 21.7. The third-order valence-electron chi connectivity index (χ3n) is 9.47. The molecule has 4 aromatic carbocycles. The zero-order valence-electron chi connectivity index (χ0n) is 21.7. The maximum absolute atomic E-state index is 14.1. The minimum absolute atomic E-state index is 0.169. The number of amides is 1. The lowest BCUT2D eigenvalue weighted by molar-refractivity contribution is -0.138. The van der Waals surface area contributed by atoms with Crippen molar-refractivity contribution in [2.45, 2.75) is 37.5 Å². The van der Waals surface area contributed by atoms with Crippen LogP contribution in [0, 0.1) is 17.8 Å². The van der Waals surface area contributed by atoms with Gasteiger partial charge in [-0.2, -0.15) is 0 Å². The summed E-state index contributed by atoms with van der Waals surface area (Å²) < 4.78 is 0. The maximum Gasteiger partial charge on any atom is 0.240 e. The topological polar surface area (TPSA) is 44.4 Å². The molecule has 4 heteroatoms. The second-order valence-corrected chi connectivity index (χ2v) is 11.5. The summed E-state index contributed by atoms with van der Waals surface area (Å²) in [5.41, 5.74) is 3.31. The van der Waals surface area contributed by atoms with Crippen molar-refractivity contribution in [1.29, 1.82) is 0 Å². The van der Waals surface area contributed by atoms with Gasteiger partial charge in [0.15, 0.2) is 0 Å². The average molecular weight is 502 g/mol. The van der Waals surface area contributed by atoms with Gasteiger partial charge in [-0.3, -0.25) is 9.69 Å². The number of benzene rings is 4. The van der Waals surface area contributed by atoms with Crippen LogP contribution in [-0.4, -0.2) is 35.5 Å².